The van der Waals surface area contributed by atoms with Crippen LogP contribution in [0, 0.1) is 6.92 Å². The van der Waals surface area contributed by atoms with E-state index in [1.807, 2.05) is 25.4 Å². The van der Waals surface area contributed by atoms with Crippen molar-refractivity contribution < 1.29 is 4.74 Å². The van der Waals surface area contributed by atoms with Crippen molar-refractivity contribution in [1.82, 2.24) is 9.55 Å². The van der Waals surface area contributed by atoms with Gasteiger partial charge in [-0.3, -0.25) is 0 Å². The molecular weight excluding hydrogens is 212 g/mol. The summed E-state index contributed by atoms with van der Waals surface area (Å²) in [6.45, 7) is 4.98. The molecule has 0 spiro atoms. The van der Waals surface area contributed by atoms with Gasteiger partial charge in [-0.25, -0.2) is 4.98 Å². The number of ether oxygens (including phenoxy) is 1. The van der Waals surface area contributed by atoms with Gasteiger partial charge < -0.3 is 9.30 Å². The Labute approximate surface area is 102 Å². The lowest BCUT2D eigenvalue weighted by Gasteiger charge is -2.11. The van der Waals surface area contributed by atoms with Crippen LogP contribution in [0.3, 0.4) is 0 Å². The van der Waals surface area contributed by atoms with Crippen LogP contribution in [-0.2, 0) is 13.0 Å². The van der Waals surface area contributed by atoms with E-state index in [1.54, 1.807) is 7.11 Å². The van der Waals surface area contributed by atoms with E-state index >= 15 is 0 Å². The van der Waals surface area contributed by atoms with Gasteiger partial charge in [0.1, 0.15) is 11.6 Å². The first-order chi connectivity index (χ1) is 8.24. The minimum absolute atomic E-state index is 0.808. The standard InChI is InChI=1S/C14H18N2O/c1-4-12-5-6-14(17-3)13(9-12)10-16-8-7-15-11(16)2/h5-9H,4,10H2,1-3H3. The highest BCUT2D eigenvalue weighted by atomic mass is 16.5. The van der Waals surface area contributed by atoms with Crippen LogP contribution in [0.1, 0.15) is 23.9 Å². The molecule has 0 amide bonds. The largest absolute Gasteiger partial charge is 0.496 e. The van der Waals surface area contributed by atoms with Crippen molar-refractivity contribution in [3.8, 4) is 5.75 Å². The van der Waals surface area contributed by atoms with Crippen molar-refractivity contribution in [1.29, 1.82) is 0 Å². The second-order valence-corrected chi connectivity index (χ2v) is 4.10. The van der Waals surface area contributed by atoms with E-state index in [9.17, 15) is 0 Å². The summed E-state index contributed by atoms with van der Waals surface area (Å²) in [6.07, 6.45) is 4.86. The molecule has 17 heavy (non-hydrogen) atoms. The number of imidazole rings is 1. The van der Waals surface area contributed by atoms with E-state index in [1.165, 1.54) is 11.1 Å². The number of rotatable bonds is 4. The Kier molecular flexibility index (Phi) is 3.47. The molecule has 1 heterocycles. The Morgan fingerprint density at radius 1 is 1.35 bits per heavy atom. The number of benzene rings is 1. The third kappa shape index (κ3) is 2.49. The van der Waals surface area contributed by atoms with Crippen LogP contribution in [0.25, 0.3) is 0 Å². The molecule has 0 saturated heterocycles. The smallest absolute Gasteiger partial charge is 0.123 e. The first-order valence-corrected chi connectivity index (χ1v) is 5.88. The van der Waals surface area contributed by atoms with Crippen LogP contribution in [0.15, 0.2) is 30.6 Å². The van der Waals surface area contributed by atoms with Crippen molar-refractivity contribution in [2.75, 3.05) is 7.11 Å². The van der Waals surface area contributed by atoms with Crippen molar-refractivity contribution in [2.24, 2.45) is 0 Å². The zero-order valence-corrected chi connectivity index (χ0v) is 10.6. The van der Waals surface area contributed by atoms with Gasteiger partial charge in [-0.05, 0) is 25.0 Å². The Morgan fingerprint density at radius 2 is 2.18 bits per heavy atom. The third-order valence-electron chi connectivity index (χ3n) is 3.02. The van der Waals surface area contributed by atoms with Crippen LogP contribution in [-0.4, -0.2) is 16.7 Å². The lowest BCUT2D eigenvalue weighted by Crippen LogP contribution is -2.03. The molecule has 0 aliphatic heterocycles. The topological polar surface area (TPSA) is 27.1 Å². The van der Waals surface area contributed by atoms with E-state index in [0.29, 0.717) is 0 Å². The number of methoxy groups -OCH3 is 1. The van der Waals surface area contributed by atoms with Crippen LogP contribution >= 0.6 is 0 Å². The van der Waals surface area contributed by atoms with Gasteiger partial charge >= 0.3 is 0 Å². The van der Waals surface area contributed by atoms with Gasteiger partial charge in [0.2, 0.25) is 0 Å². The molecule has 3 heteroatoms. The van der Waals surface area contributed by atoms with Gasteiger partial charge in [0.15, 0.2) is 0 Å². The van der Waals surface area contributed by atoms with Crippen molar-refractivity contribution in [3.63, 3.8) is 0 Å². The monoisotopic (exact) mass is 230 g/mol. The second-order valence-electron chi connectivity index (χ2n) is 4.10. The number of aromatic nitrogens is 2. The van der Waals surface area contributed by atoms with Crippen LogP contribution in [0.5, 0.6) is 5.75 Å². The molecule has 0 fully saturated rings. The molecule has 0 saturated carbocycles. The van der Waals surface area contributed by atoms with Gasteiger partial charge in [0, 0.05) is 18.0 Å². The van der Waals surface area contributed by atoms with E-state index in [0.717, 1.165) is 24.5 Å². The molecule has 1 aromatic carbocycles. The molecule has 1 aromatic heterocycles. The maximum Gasteiger partial charge on any atom is 0.123 e. The summed E-state index contributed by atoms with van der Waals surface area (Å²) in [5.41, 5.74) is 2.53. The predicted molar refractivity (Wildman–Crippen MR) is 68.4 cm³/mol. The summed E-state index contributed by atoms with van der Waals surface area (Å²) in [5, 5.41) is 0. The number of hydrogen-bond donors (Lipinski definition) is 0. The maximum atomic E-state index is 5.40. The molecule has 0 radical (unpaired) electrons. The van der Waals surface area contributed by atoms with E-state index in [-0.39, 0.29) is 0 Å². The summed E-state index contributed by atoms with van der Waals surface area (Å²) >= 11 is 0. The summed E-state index contributed by atoms with van der Waals surface area (Å²) in [5.74, 6) is 1.96. The summed E-state index contributed by atoms with van der Waals surface area (Å²) in [6, 6.07) is 6.36. The van der Waals surface area contributed by atoms with Gasteiger partial charge in [-0.1, -0.05) is 19.1 Å². The number of nitrogens with zero attached hydrogens (tertiary/aromatic N) is 2. The van der Waals surface area contributed by atoms with Crippen molar-refractivity contribution >= 4 is 0 Å². The van der Waals surface area contributed by atoms with E-state index < -0.39 is 0 Å². The normalized spacial score (nSPS) is 10.5. The molecule has 0 atom stereocenters. The van der Waals surface area contributed by atoms with Crippen LogP contribution in [0.2, 0.25) is 0 Å². The Hall–Kier alpha value is -1.77. The third-order valence-corrected chi connectivity index (χ3v) is 3.02. The first-order valence-electron chi connectivity index (χ1n) is 5.88. The fourth-order valence-electron chi connectivity index (χ4n) is 1.93. The maximum absolute atomic E-state index is 5.40. The van der Waals surface area contributed by atoms with Gasteiger partial charge in [-0.2, -0.15) is 0 Å². The van der Waals surface area contributed by atoms with Gasteiger partial charge in [0.05, 0.1) is 13.7 Å². The Balaban J connectivity index is 2.33. The average molecular weight is 230 g/mol. The summed E-state index contributed by atoms with van der Waals surface area (Å²) < 4.78 is 7.52. The minimum atomic E-state index is 0.808. The zero-order valence-electron chi connectivity index (χ0n) is 10.6. The first kappa shape index (κ1) is 11.7. The molecule has 0 bridgehead atoms. The predicted octanol–water partition coefficient (Wildman–Crippen LogP) is 2.81. The molecule has 2 aromatic rings. The van der Waals surface area contributed by atoms with Gasteiger partial charge in [0.25, 0.3) is 0 Å². The van der Waals surface area contributed by atoms with Crippen LogP contribution in [0.4, 0.5) is 0 Å². The SMILES string of the molecule is CCc1ccc(OC)c(Cn2ccnc2C)c1. The zero-order chi connectivity index (χ0) is 12.3. The molecule has 0 N–H and O–H groups in total. The Morgan fingerprint density at radius 3 is 2.76 bits per heavy atom. The number of aryl methyl sites for hydroxylation is 2. The quantitative estimate of drug-likeness (QED) is 0.807. The summed E-state index contributed by atoms with van der Waals surface area (Å²) in [7, 11) is 1.71. The fourth-order valence-corrected chi connectivity index (χ4v) is 1.93. The van der Waals surface area contributed by atoms with E-state index in [2.05, 4.69) is 28.6 Å². The van der Waals surface area contributed by atoms with E-state index in [4.69, 9.17) is 4.74 Å². The highest BCUT2D eigenvalue weighted by molar-refractivity contribution is 5.37. The van der Waals surface area contributed by atoms with Crippen molar-refractivity contribution in [2.45, 2.75) is 26.8 Å². The van der Waals surface area contributed by atoms with Gasteiger partial charge in [-0.15, -0.1) is 0 Å². The summed E-state index contributed by atoms with van der Waals surface area (Å²) in [4.78, 5) is 4.23. The fraction of sp³-hybridized carbons (Fsp3) is 0.357. The Bertz CT molecular complexity index is 503. The lowest BCUT2D eigenvalue weighted by atomic mass is 10.1. The average Bonchev–Trinajstić information content (AvgIpc) is 2.75. The minimum Gasteiger partial charge on any atom is -0.496 e. The molecule has 0 unspecified atom stereocenters. The highest BCUT2D eigenvalue weighted by Crippen LogP contribution is 2.21. The molecular formula is C14H18N2O. The molecule has 90 valence electrons. The van der Waals surface area contributed by atoms with Crippen molar-refractivity contribution in [3.05, 3.63) is 47.5 Å². The molecule has 0 aliphatic rings. The van der Waals surface area contributed by atoms with Crippen LogP contribution < -0.4 is 4.74 Å². The number of hydrogen-bond acceptors (Lipinski definition) is 2. The molecule has 2 rings (SSSR count). The lowest BCUT2D eigenvalue weighted by molar-refractivity contribution is 0.408. The second kappa shape index (κ2) is 5.04. The molecule has 3 nitrogen and oxygen atoms in total. The molecule has 0 aliphatic carbocycles. The highest BCUT2D eigenvalue weighted by Gasteiger charge is 2.06.